The highest BCUT2D eigenvalue weighted by molar-refractivity contribution is 5.93. The van der Waals surface area contributed by atoms with Gasteiger partial charge in [-0.05, 0) is 48.2 Å². The van der Waals surface area contributed by atoms with E-state index < -0.39 is 0 Å². The first-order chi connectivity index (χ1) is 16.6. The summed E-state index contributed by atoms with van der Waals surface area (Å²) in [6.45, 7) is 2.27. The molecule has 34 heavy (non-hydrogen) atoms. The number of fused-ring (bicyclic) bond motifs is 1. The third-order valence-corrected chi connectivity index (χ3v) is 6.54. The fourth-order valence-corrected chi connectivity index (χ4v) is 4.51. The van der Waals surface area contributed by atoms with Crippen LogP contribution in [0.15, 0.2) is 55.1 Å². The van der Waals surface area contributed by atoms with Gasteiger partial charge in [0.05, 0.1) is 25.2 Å². The van der Waals surface area contributed by atoms with Crippen molar-refractivity contribution in [1.29, 1.82) is 0 Å². The summed E-state index contributed by atoms with van der Waals surface area (Å²) < 4.78 is 21.1. The number of nitrogens with one attached hydrogen (secondary N) is 1. The van der Waals surface area contributed by atoms with Crippen LogP contribution in [0.2, 0.25) is 0 Å². The van der Waals surface area contributed by atoms with Gasteiger partial charge in [0, 0.05) is 37.9 Å². The number of ether oxygens (including phenoxy) is 1. The van der Waals surface area contributed by atoms with Crippen LogP contribution in [0.5, 0.6) is 0 Å². The predicted octanol–water partition coefficient (Wildman–Crippen LogP) is 2.86. The second-order valence-electron chi connectivity index (χ2n) is 8.68. The van der Waals surface area contributed by atoms with E-state index in [9.17, 15) is 14.0 Å². The number of amides is 2. The van der Waals surface area contributed by atoms with E-state index in [2.05, 4.69) is 15.3 Å². The number of rotatable bonds is 5. The van der Waals surface area contributed by atoms with Crippen molar-refractivity contribution in [3.63, 3.8) is 0 Å². The monoisotopic (exact) mass is 463 g/mol. The van der Waals surface area contributed by atoms with Crippen LogP contribution in [0.4, 0.5) is 4.39 Å². The van der Waals surface area contributed by atoms with Crippen molar-refractivity contribution in [1.82, 2.24) is 24.8 Å². The van der Waals surface area contributed by atoms with Crippen molar-refractivity contribution in [2.75, 3.05) is 13.1 Å². The molecule has 2 amide bonds. The molecule has 9 heteroatoms. The Balaban J connectivity index is 1.16. The number of carbonyl (C=O) groups excluding carboxylic acids is 2. The molecule has 1 aromatic carbocycles. The zero-order valence-electron chi connectivity index (χ0n) is 18.7. The number of hydrogen-bond donors (Lipinski definition) is 1. The molecule has 2 aliphatic rings. The zero-order valence-corrected chi connectivity index (χ0v) is 18.7. The Morgan fingerprint density at radius 1 is 1.09 bits per heavy atom. The van der Waals surface area contributed by atoms with E-state index in [1.54, 1.807) is 35.8 Å². The Bertz CT molecular complexity index is 1160. The van der Waals surface area contributed by atoms with Crippen molar-refractivity contribution in [3.8, 4) is 0 Å². The quantitative estimate of drug-likeness (QED) is 0.629. The molecule has 0 bridgehead atoms. The maximum Gasteiger partial charge on any atom is 0.274 e. The SMILES string of the molecule is O=C(NCc1ccncc1)C1CCN(C(=O)c2ncn3c2CO[C@H](c2ccc(F)cc2)C3)CC1. The Morgan fingerprint density at radius 2 is 1.82 bits per heavy atom. The first-order valence-electron chi connectivity index (χ1n) is 11.5. The molecule has 0 radical (unpaired) electrons. The number of hydrogen-bond acceptors (Lipinski definition) is 5. The maximum absolute atomic E-state index is 13.2. The topological polar surface area (TPSA) is 89.4 Å². The third kappa shape index (κ3) is 4.70. The van der Waals surface area contributed by atoms with Crippen molar-refractivity contribution >= 4 is 11.8 Å². The van der Waals surface area contributed by atoms with Crippen molar-refractivity contribution in [2.24, 2.45) is 5.92 Å². The van der Waals surface area contributed by atoms with Gasteiger partial charge >= 0.3 is 0 Å². The maximum atomic E-state index is 13.2. The molecule has 0 aliphatic carbocycles. The molecule has 0 spiro atoms. The first kappa shape index (κ1) is 22.2. The highest BCUT2D eigenvalue weighted by Gasteiger charge is 2.32. The summed E-state index contributed by atoms with van der Waals surface area (Å²) in [6, 6.07) is 10.0. The predicted molar refractivity (Wildman–Crippen MR) is 121 cm³/mol. The van der Waals surface area contributed by atoms with Gasteiger partial charge in [-0.2, -0.15) is 0 Å². The zero-order chi connectivity index (χ0) is 23.5. The summed E-state index contributed by atoms with van der Waals surface area (Å²) in [6.07, 6.45) is 6.09. The first-order valence-corrected chi connectivity index (χ1v) is 11.5. The lowest BCUT2D eigenvalue weighted by Gasteiger charge is -2.31. The number of benzene rings is 1. The van der Waals surface area contributed by atoms with E-state index in [-0.39, 0.29) is 36.3 Å². The number of likely N-dealkylation sites (tertiary alicyclic amines) is 1. The minimum atomic E-state index is -0.286. The van der Waals surface area contributed by atoms with Crippen LogP contribution in [0, 0.1) is 11.7 Å². The molecular formula is C25H26FN5O3. The highest BCUT2D eigenvalue weighted by atomic mass is 19.1. The Labute approximate surface area is 196 Å². The van der Waals surface area contributed by atoms with Gasteiger partial charge in [-0.3, -0.25) is 14.6 Å². The van der Waals surface area contributed by atoms with Gasteiger partial charge in [0.2, 0.25) is 5.91 Å². The van der Waals surface area contributed by atoms with E-state index >= 15 is 0 Å². The average Bonchev–Trinajstić information content (AvgIpc) is 3.31. The molecule has 1 atom stereocenters. The molecule has 8 nitrogen and oxygen atoms in total. The van der Waals surface area contributed by atoms with Crippen LogP contribution < -0.4 is 5.32 Å². The summed E-state index contributed by atoms with van der Waals surface area (Å²) in [7, 11) is 0. The molecular weight excluding hydrogens is 437 g/mol. The third-order valence-electron chi connectivity index (χ3n) is 6.54. The normalized spacial score (nSPS) is 18.4. The molecule has 1 saturated heterocycles. The highest BCUT2D eigenvalue weighted by Crippen LogP contribution is 2.29. The average molecular weight is 464 g/mol. The molecule has 4 heterocycles. The molecule has 2 aliphatic heterocycles. The lowest BCUT2D eigenvalue weighted by molar-refractivity contribution is -0.126. The van der Waals surface area contributed by atoms with Gasteiger partial charge < -0.3 is 19.5 Å². The smallest absolute Gasteiger partial charge is 0.274 e. The summed E-state index contributed by atoms with van der Waals surface area (Å²) in [4.78, 5) is 35.8. The van der Waals surface area contributed by atoms with E-state index in [0.29, 0.717) is 44.7 Å². The van der Waals surface area contributed by atoms with Gasteiger partial charge in [-0.15, -0.1) is 0 Å². The number of nitrogens with zero attached hydrogens (tertiary/aromatic N) is 4. The summed E-state index contributed by atoms with van der Waals surface area (Å²) in [5.74, 6) is -0.510. The van der Waals surface area contributed by atoms with Crippen molar-refractivity contribution in [2.45, 2.75) is 38.6 Å². The second-order valence-corrected chi connectivity index (χ2v) is 8.68. The molecule has 2 aromatic heterocycles. The summed E-state index contributed by atoms with van der Waals surface area (Å²) in [5.41, 5.74) is 3.04. The largest absolute Gasteiger partial charge is 0.365 e. The van der Waals surface area contributed by atoms with E-state index in [1.165, 1.54) is 12.1 Å². The molecule has 176 valence electrons. The van der Waals surface area contributed by atoms with Crippen molar-refractivity contribution < 1.29 is 18.7 Å². The Morgan fingerprint density at radius 3 is 2.56 bits per heavy atom. The van der Waals surface area contributed by atoms with Gasteiger partial charge in [0.15, 0.2) is 5.69 Å². The Kier molecular flexibility index (Phi) is 6.35. The van der Waals surface area contributed by atoms with Gasteiger partial charge in [0.1, 0.15) is 11.9 Å². The summed E-state index contributed by atoms with van der Waals surface area (Å²) >= 11 is 0. The fraction of sp³-hybridized carbons (Fsp3) is 0.360. The minimum Gasteiger partial charge on any atom is -0.365 e. The van der Waals surface area contributed by atoms with E-state index in [0.717, 1.165) is 16.8 Å². The molecule has 0 unspecified atom stereocenters. The van der Waals surface area contributed by atoms with E-state index in [1.807, 2.05) is 16.7 Å². The molecule has 0 saturated carbocycles. The van der Waals surface area contributed by atoms with E-state index in [4.69, 9.17) is 4.74 Å². The fourth-order valence-electron chi connectivity index (χ4n) is 4.51. The second kappa shape index (κ2) is 9.72. The van der Waals surface area contributed by atoms with Crippen molar-refractivity contribution in [3.05, 3.63) is 83.5 Å². The number of carbonyl (C=O) groups is 2. The number of imidazole rings is 1. The van der Waals surface area contributed by atoms with Crippen LogP contribution in [-0.4, -0.2) is 44.3 Å². The number of pyridine rings is 1. The molecule has 3 aromatic rings. The molecule has 5 rings (SSSR count). The van der Waals surface area contributed by atoms with Crippen LogP contribution in [0.3, 0.4) is 0 Å². The van der Waals surface area contributed by atoms with Crippen LogP contribution in [0.1, 0.15) is 46.3 Å². The Hall–Kier alpha value is -3.59. The molecule has 1 N–H and O–H groups in total. The molecule has 1 fully saturated rings. The lowest BCUT2D eigenvalue weighted by Crippen LogP contribution is -2.43. The number of piperidine rings is 1. The van der Waals surface area contributed by atoms with Crippen LogP contribution >= 0.6 is 0 Å². The lowest BCUT2D eigenvalue weighted by atomic mass is 9.95. The van der Waals surface area contributed by atoms with Gasteiger partial charge in [0.25, 0.3) is 5.91 Å². The van der Waals surface area contributed by atoms with Gasteiger partial charge in [-0.25, -0.2) is 9.37 Å². The van der Waals surface area contributed by atoms with Crippen LogP contribution in [0.25, 0.3) is 0 Å². The summed E-state index contributed by atoms with van der Waals surface area (Å²) in [5, 5.41) is 2.98. The number of aromatic nitrogens is 3. The standard InChI is InChI=1S/C25H26FN5O3/c26-20-3-1-18(2-4-20)22-14-31-16-29-23(21(31)15-34-22)25(33)30-11-7-19(8-12-30)24(32)28-13-17-5-9-27-10-6-17/h1-6,9-10,16,19,22H,7-8,11-15H2,(H,28,32)/t22-/m0/s1. The van der Waals surface area contributed by atoms with Gasteiger partial charge in [-0.1, -0.05) is 12.1 Å². The van der Waals surface area contributed by atoms with Crippen LogP contribution in [-0.2, 0) is 29.2 Å². The number of halogens is 1. The minimum absolute atomic E-state index is 0.0171.